The molecule has 0 heterocycles. The summed E-state index contributed by atoms with van der Waals surface area (Å²) in [6.45, 7) is 3.71. The van der Waals surface area contributed by atoms with Crippen molar-refractivity contribution >= 4 is 9.53 Å². The van der Waals surface area contributed by atoms with Gasteiger partial charge in [-0.25, -0.2) is 0 Å². The van der Waals surface area contributed by atoms with Gasteiger partial charge in [0.1, 0.15) is 5.75 Å². The summed E-state index contributed by atoms with van der Waals surface area (Å²) >= 11 is 0. The second-order valence-electron chi connectivity index (χ2n) is 2.98. The van der Waals surface area contributed by atoms with Crippen LogP contribution in [0.5, 0.6) is 5.75 Å². The van der Waals surface area contributed by atoms with E-state index in [-0.39, 0.29) is 0 Å². The van der Waals surface area contributed by atoms with Gasteiger partial charge in [-0.3, -0.25) is 0 Å². The van der Waals surface area contributed by atoms with E-state index in [1.54, 1.807) is 14.2 Å². The molecule has 0 radical (unpaired) electrons. The first-order valence-electron chi connectivity index (χ1n) is 4.73. The Hall–Kier alpha value is -1.10. The van der Waals surface area contributed by atoms with Crippen molar-refractivity contribution in [3.63, 3.8) is 0 Å². The molecule has 1 aromatic carbocycles. The molecular weight excluding hydrogens is 208 g/mol. The summed E-state index contributed by atoms with van der Waals surface area (Å²) in [7, 11) is 1.18. The SMILES string of the molecule is C=CCc1ccccc1O[SiH](OC)OC. The molecule has 3 nitrogen and oxygen atoms in total. The van der Waals surface area contributed by atoms with Crippen LogP contribution in [0.4, 0.5) is 0 Å². The monoisotopic (exact) mass is 224 g/mol. The molecule has 0 aliphatic rings. The maximum atomic E-state index is 5.64. The first-order valence-corrected chi connectivity index (χ1v) is 6.14. The van der Waals surface area contributed by atoms with Gasteiger partial charge in [-0.1, -0.05) is 24.3 Å². The third-order valence-electron chi connectivity index (χ3n) is 1.94. The minimum atomic E-state index is -2.01. The van der Waals surface area contributed by atoms with E-state index in [1.165, 1.54) is 0 Å². The van der Waals surface area contributed by atoms with Gasteiger partial charge in [-0.15, -0.1) is 6.58 Å². The number of hydrogen-bond donors (Lipinski definition) is 0. The highest BCUT2D eigenvalue weighted by Crippen LogP contribution is 2.19. The molecule has 0 aliphatic heterocycles. The number of allylic oxidation sites excluding steroid dienone is 1. The van der Waals surface area contributed by atoms with Gasteiger partial charge in [0.2, 0.25) is 0 Å². The van der Waals surface area contributed by atoms with Crippen molar-refractivity contribution in [2.75, 3.05) is 14.2 Å². The molecule has 82 valence electrons. The smallest absolute Gasteiger partial charge is 0.503 e. The fourth-order valence-corrected chi connectivity index (χ4v) is 2.06. The van der Waals surface area contributed by atoms with Crippen molar-refractivity contribution in [3.8, 4) is 5.75 Å². The molecule has 0 aromatic heterocycles. The molecule has 0 amide bonds. The summed E-state index contributed by atoms with van der Waals surface area (Å²) in [5.41, 5.74) is 1.10. The van der Waals surface area contributed by atoms with Gasteiger partial charge in [-0.2, -0.15) is 0 Å². The van der Waals surface area contributed by atoms with Crippen LogP contribution in [-0.4, -0.2) is 23.7 Å². The Morgan fingerprint density at radius 1 is 1.27 bits per heavy atom. The number of para-hydroxylation sites is 1. The van der Waals surface area contributed by atoms with Crippen molar-refractivity contribution in [1.82, 2.24) is 0 Å². The lowest BCUT2D eigenvalue weighted by molar-refractivity contribution is 0.201. The zero-order valence-electron chi connectivity index (χ0n) is 9.10. The molecule has 0 N–H and O–H groups in total. The first-order chi connectivity index (χ1) is 7.31. The van der Waals surface area contributed by atoms with Crippen LogP contribution in [0.15, 0.2) is 36.9 Å². The van der Waals surface area contributed by atoms with Crippen LogP contribution in [0.25, 0.3) is 0 Å². The molecule has 15 heavy (non-hydrogen) atoms. The molecule has 1 aromatic rings. The van der Waals surface area contributed by atoms with E-state index < -0.39 is 9.53 Å². The molecular formula is C11H16O3Si. The van der Waals surface area contributed by atoms with Crippen LogP contribution in [0, 0.1) is 0 Å². The van der Waals surface area contributed by atoms with Crippen LogP contribution >= 0.6 is 0 Å². The second-order valence-corrected chi connectivity index (χ2v) is 4.73. The Labute approximate surface area is 92.3 Å². The summed E-state index contributed by atoms with van der Waals surface area (Å²) in [5, 5.41) is 0. The predicted molar refractivity (Wildman–Crippen MR) is 62.1 cm³/mol. The van der Waals surface area contributed by atoms with E-state index in [4.69, 9.17) is 13.3 Å². The highest BCUT2D eigenvalue weighted by Gasteiger charge is 2.14. The standard InChI is InChI=1S/C11H16O3Si/c1-4-7-10-8-5-6-9-11(10)14-15(12-2)13-3/h4-6,8-9,15H,1,7H2,2-3H3. The molecule has 0 unspecified atom stereocenters. The Morgan fingerprint density at radius 2 is 1.93 bits per heavy atom. The quantitative estimate of drug-likeness (QED) is 0.545. The van der Waals surface area contributed by atoms with E-state index in [1.807, 2.05) is 30.3 Å². The fraction of sp³-hybridized carbons (Fsp3) is 0.273. The van der Waals surface area contributed by atoms with Crippen LogP contribution in [0.2, 0.25) is 0 Å². The first kappa shape index (κ1) is 12.0. The van der Waals surface area contributed by atoms with Crippen molar-refractivity contribution in [1.29, 1.82) is 0 Å². The van der Waals surface area contributed by atoms with Gasteiger partial charge in [0, 0.05) is 14.2 Å². The van der Waals surface area contributed by atoms with Crippen molar-refractivity contribution in [2.45, 2.75) is 6.42 Å². The molecule has 0 atom stereocenters. The summed E-state index contributed by atoms with van der Waals surface area (Å²) in [6.07, 6.45) is 2.63. The van der Waals surface area contributed by atoms with Crippen molar-refractivity contribution < 1.29 is 13.3 Å². The Bertz CT molecular complexity index is 310. The average molecular weight is 224 g/mol. The number of hydrogen-bond acceptors (Lipinski definition) is 3. The highest BCUT2D eigenvalue weighted by atomic mass is 28.3. The van der Waals surface area contributed by atoms with Gasteiger partial charge < -0.3 is 13.3 Å². The average Bonchev–Trinajstić information content (AvgIpc) is 2.28. The van der Waals surface area contributed by atoms with Crippen LogP contribution < -0.4 is 4.43 Å². The van der Waals surface area contributed by atoms with Gasteiger partial charge in [0.25, 0.3) is 0 Å². The van der Waals surface area contributed by atoms with Crippen LogP contribution in [0.3, 0.4) is 0 Å². The minimum absolute atomic E-state index is 0.782. The topological polar surface area (TPSA) is 27.7 Å². The molecule has 0 fully saturated rings. The van der Waals surface area contributed by atoms with E-state index in [0.717, 1.165) is 17.7 Å². The number of rotatable bonds is 6. The van der Waals surface area contributed by atoms with E-state index in [2.05, 4.69) is 6.58 Å². The summed E-state index contributed by atoms with van der Waals surface area (Å²) in [4.78, 5) is 0. The Morgan fingerprint density at radius 3 is 2.53 bits per heavy atom. The molecule has 0 bridgehead atoms. The molecule has 0 saturated heterocycles. The molecule has 0 saturated carbocycles. The maximum Gasteiger partial charge on any atom is 0.549 e. The third-order valence-corrected chi connectivity index (χ3v) is 3.16. The van der Waals surface area contributed by atoms with E-state index >= 15 is 0 Å². The molecule has 0 aliphatic carbocycles. The van der Waals surface area contributed by atoms with E-state index in [9.17, 15) is 0 Å². The lowest BCUT2D eigenvalue weighted by atomic mass is 10.1. The van der Waals surface area contributed by atoms with Gasteiger partial charge in [-0.05, 0) is 18.1 Å². The van der Waals surface area contributed by atoms with Gasteiger partial charge >= 0.3 is 9.53 Å². The van der Waals surface area contributed by atoms with Crippen molar-refractivity contribution in [2.24, 2.45) is 0 Å². The van der Waals surface area contributed by atoms with Crippen LogP contribution in [0.1, 0.15) is 5.56 Å². The molecule has 4 heteroatoms. The summed E-state index contributed by atoms with van der Waals surface area (Å²) in [6, 6.07) is 7.82. The van der Waals surface area contributed by atoms with Gasteiger partial charge in [0.15, 0.2) is 0 Å². The Balaban J connectivity index is 2.78. The third kappa shape index (κ3) is 3.51. The fourth-order valence-electron chi connectivity index (χ4n) is 1.24. The highest BCUT2D eigenvalue weighted by molar-refractivity contribution is 6.37. The number of benzene rings is 1. The summed E-state index contributed by atoms with van der Waals surface area (Å²) < 4.78 is 15.9. The lowest BCUT2D eigenvalue weighted by Gasteiger charge is -2.15. The molecule has 0 spiro atoms. The normalized spacial score (nSPS) is 10.3. The molecule has 1 rings (SSSR count). The Kier molecular flexibility index (Phi) is 5.10. The maximum absolute atomic E-state index is 5.64. The zero-order valence-corrected chi connectivity index (χ0v) is 10.3. The summed E-state index contributed by atoms with van der Waals surface area (Å²) in [5.74, 6) is 0.817. The second kappa shape index (κ2) is 6.39. The lowest BCUT2D eigenvalue weighted by Crippen LogP contribution is -2.27. The largest absolute Gasteiger partial charge is 0.549 e. The predicted octanol–water partition coefficient (Wildman–Crippen LogP) is 1.80. The van der Waals surface area contributed by atoms with Gasteiger partial charge in [0.05, 0.1) is 0 Å². The zero-order chi connectivity index (χ0) is 11.1. The minimum Gasteiger partial charge on any atom is -0.503 e. The van der Waals surface area contributed by atoms with Crippen molar-refractivity contribution in [3.05, 3.63) is 42.5 Å². The van der Waals surface area contributed by atoms with E-state index in [0.29, 0.717) is 0 Å². The van der Waals surface area contributed by atoms with Crippen LogP contribution in [-0.2, 0) is 15.3 Å².